The molecule has 0 bridgehead atoms. The zero-order valence-corrected chi connectivity index (χ0v) is 12.4. The largest absolute Gasteiger partial charge is 0.489 e. The van der Waals surface area contributed by atoms with E-state index in [4.69, 9.17) is 9.47 Å². The van der Waals surface area contributed by atoms with Crippen molar-refractivity contribution in [2.24, 2.45) is 0 Å². The van der Waals surface area contributed by atoms with E-state index < -0.39 is 0 Å². The van der Waals surface area contributed by atoms with Gasteiger partial charge in [-0.1, -0.05) is 0 Å². The fourth-order valence-electron chi connectivity index (χ4n) is 1.95. The maximum Gasteiger partial charge on any atom is 0.137 e. The second kappa shape index (κ2) is 6.50. The second-order valence-corrected chi connectivity index (χ2v) is 5.52. The van der Waals surface area contributed by atoms with Crippen molar-refractivity contribution in [1.29, 1.82) is 0 Å². The molecule has 1 aliphatic rings. The van der Waals surface area contributed by atoms with E-state index >= 15 is 0 Å². The number of aromatic nitrogens is 1. The summed E-state index contributed by atoms with van der Waals surface area (Å²) in [5, 5.41) is 0. The fourth-order valence-corrected chi connectivity index (χ4v) is 2.18. The first-order chi connectivity index (χ1) is 8.65. The first-order valence-corrected chi connectivity index (χ1v) is 7.04. The van der Waals surface area contributed by atoms with E-state index in [1.165, 1.54) is 0 Å². The average molecular weight is 315 g/mol. The molecule has 0 aliphatic carbocycles. The zero-order chi connectivity index (χ0) is 13.0. The number of nitrogens with zero attached hydrogens (tertiary/aromatic N) is 2. The Morgan fingerprint density at radius 2 is 2.39 bits per heavy atom. The Balaban J connectivity index is 1.81. The number of morpholine rings is 1. The molecule has 0 spiro atoms. The lowest BCUT2D eigenvalue weighted by Gasteiger charge is -2.35. The van der Waals surface area contributed by atoms with Gasteiger partial charge in [-0.05, 0) is 41.9 Å². The lowest BCUT2D eigenvalue weighted by atomic mass is 10.2. The summed E-state index contributed by atoms with van der Waals surface area (Å²) in [5.74, 6) is 0.781. The Labute approximate surface area is 116 Å². The molecule has 100 valence electrons. The van der Waals surface area contributed by atoms with Crippen molar-refractivity contribution in [3.05, 3.63) is 22.9 Å². The molecule has 1 atom stereocenters. The minimum Gasteiger partial charge on any atom is -0.489 e. The van der Waals surface area contributed by atoms with Crippen LogP contribution in [0, 0.1) is 0 Å². The molecule has 5 heteroatoms. The summed E-state index contributed by atoms with van der Waals surface area (Å²) in [5.41, 5.74) is 0. The molecule has 1 unspecified atom stereocenters. The smallest absolute Gasteiger partial charge is 0.137 e. The van der Waals surface area contributed by atoms with Gasteiger partial charge in [0.1, 0.15) is 23.1 Å². The normalized spacial score (nSPS) is 21.2. The lowest BCUT2D eigenvalue weighted by Crippen LogP contribution is -2.47. The Morgan fingerprint density at radius 3 is 3.06 bits per heavy atom. The highest BCUT2D eigenvalue weighted by Crippen LogP contribution is 2.14. The Kier molecular flexibility index (Phi) is 4.97. The van der Waals surface area contributed by atoms with Crippen LogP contribution in [0.1, 0.15) is 13.8 Å². The molecule has 0 aromatic carbocycles. The van der Waals surface area contributed by atoms with Crippen LogP contribution in [0.15, 0.2) is 22.9 Å². The molecule has 2 heterocycles. The van der Waals surface area contributed by atoms with Crippen LogP contribution in [0.25, 0.3) is 0 Å². The molecule has 0 N–H and O–H groups in total. The van der Waals surface area contributed by atoms with Crippen LogP contribution in [0.4, 0.5) is 0 Å². The monoisotopic (exact) mass is 314 g/mol. The van der Waals surface area contributed by atoms with Crippen molar-refractivity contribution >= 4 is 15.9 Å². The van der Waals surface area contributed by atoms with E-state index in [1.807, 2.05) is 12.1 Å². The third-order valence-corrected chi connectivity index (χ3v) is 3.51. The number of ether oxygens (including phenoxy) is 2. The fraction of sp³-hybridized carbons (Fsp3) is 0.615. The minimum absolute atomic E-state index is 0.143. The molecule has 0 amide bonds. The Hall–Kier alpha value is -0.650. The number of hydrogen-bond donors (Lipinski definition) is 0. The SMILES string of the molecule is CC(C)N1CCOC(COc2ccc(Br)nc2)C1. The summed E-state index contributed by atoms with van der Waals surface area (Å²) in [6, 6.07) is 4.34. The van der Waals surface area contributed by atoms with Crippen molar-refractivity contribution in [3.8, 4) is 5.75 Å². The number of pyridine rings is 1. The van der Waals surface area contributed by atoms with Crippen molar-refractivity contribution in [2.45, 2.75) is 26.0 Å². The molecule has 0 saturated carbocycles. The standard InChI is InChI=1S/C13H19BrN2O2/c1-10(2)16-5-6-17-12(8-16)9-18-11-3-4-13(14)15-7-11/h3-4,7,10,12H,5-6,8-9H2,1-2H3. The van der Waals surface area contributed by atoms with Crippen LogP contribution in [0.3, 0.4) is 0 Å². The van der Waals surface area contributed by atoms with Gasteiger partial charge in [0.15, 0.2) is 0 Å². The summed E-state index contributed by atoms with van der Waals surface area (Å²) in [4.78, 5) is 6.54. The third-order valence-electron chi connectivity index (χ3n) is 3.04. The minimum atomic E-state index is 0.143. The molecule has 1 fully saturated rings. The van der Waals surface area contributed by atoms with Crippen LogP contribution in [-0.4, -0.2) is 48.3 Å². The van der Waals surface area contributed by atoms with Crippen molar-refractivity contribution < 1.29 is 9.47 Å². The summed E-state index contributed by atoms with van der Waals surface area (Å²) in [6.07, 6.45) is 1.86. The molecule has 4 nitrogen and oxygen atoms in total. The molecule has 1 aliphatic heterocycles. The number of rotatable bonds is 4. The molecule has 2 rings (SSSR count). The predicted molar refractivity (Wildman–Crippen MR) is 73.9 cm³/mol. The van der Waals surface area contributed by atoms with Gasteiger partial charge >= 0.3 is 0 Å². The van der Waals surface area contributed by atoms with Gasteiger partial charge in [-0.15, -0.1) is 0 Å². The predicted octanol–water partition coefficient (Wildman–Crippen LogP) is 2.33. The van der Waals surface area contributed by atoms with Gasteiger partial charge in [-0.3, -0.25) is 4.90 Å². The maximum atomic E-state index is 5.71. The van der Waals surface area contributed by atoms with Gasteiger partial charge in [0.2, 0.25) is 0 Å². The topological polar surface area (TPSA) is 34.6 Å². The van der Waals surface area contributed by atoms with Crippen LogP contribution < -0.4 is 4.74 Å². The highest BCUT2D eigenvalue weighted by molar-refractivity contribution is 9.10. The van der Waals surface area contributed by atoms with Gasteiger partial charge in [0, 0.05) is 19.1 Å². The Bertz CT molecular complexity index is 370. The van der Waals surface area contributed by atoms with Gasteiger partial charge in [0.05, 0.1) is 12.8 Å². The molecule has 1 aromatic rings. The lowest BCUT2D eigenvalue weighted by molar-refractivity contribution is -0.0564. The van der Waals surface area contributed by atoms with Gasteiger partial charge in [-0.25, -0.2) is 4.98 Å². The third kappa shape index (κ3) is 3.93. The Morgan fingerprint density at radius 1 is 1.56 bits per heavy atom. The van der Waals surface area contributed by atoms with E-state index in [0.717, 1.165) is 30.0 Å². The van der Waals surface area contributed by atoms with E-state index in [9.17, 15) is 0 Å². The first kappa shape index (κ1) is 13.8. The zero-order valence-electron chi connectivity index (χ0n) is 10.8. The molecule has 18 heavy (non-hydrogen) atoms. The van der Waals surface area contributed by atoms with Gasteiger partial charge in [0.25, 0.3) is 0 Å². The molecule has 0 radical (unpaired) electrons. The molecule has 1 aromatic heterocycles. The van der Waals surface area contributed by atoms with Crippen molar-refractivity contribution in [2.75, 3.05) is 26.3 Å². The van der Waals surface area contributed by atoms with Crippen LogP contribution >= 0.6 is 15.9 Å². The van der Waals surface area contributed by atoms with Gasteiger partial charge in [-0.2, -0.15) is 0 Å². The first-order valence-electron chi connectivity index (χ1n) is 6.25. The van der Waals surface area contributed by atoms with E-state index in [-0.39, 0.29) is 6.10 Å². The quantitative estimate of drug-likeness (QED) is 0.799. The van der Waals surface area contributed by atoms with E-state index in [0.29, 0.717) is 12.6 Å². The van der Waals surface area contributed by atoms with E-state index in [1.54, 1.807) is 6.20 Å². The van der Waals surface area contributed by atoms with Crippen LogP contribution in [0.2, 0.25) is 0 Å². The average Bonchev–Trinajstić information content (AvgIpc) is 2.38. The molecular weight excluding hydrogens is 296 g/mol. The van der Waals surface area contributed by atoms with E-state index in [2.05, 4.69) is 39.7 Å². The summed E-state index contributed by atoms with van der Waals surface area (Å²) >= 11 is 3.30. The summed E-state index contributed by atoms with van der Waals surface area (Å²) in [6.45, 7) is 7.72. The van der Waals surface area contributed by atoms with Gasteiger partial charge < -0.3 is 9.47 Å². The molecular formula is C13H19BrN2O2. The maximum absolute atomic E-state index is 5.71. The van der Waals surface area contributed by atoms with Crippen LogP contribution in [0.5, 0.6) is 5.75 Å². The highest BCUT2D eigenvalue weighted by Gasteiger charge is 2.22. The second-order valence-electron chi connectivity index (χ2n) is 4.71. The number of halogens is 1. The molecule has 1 saturated heterocycles. The number of hydrogen-bond acceptors (Lipinski definition) is 4. The van der Waals surface area contributed by atoms with Crippen molar-refractivity contribution in [3.63, 3.8) is 0 Å². The summed E-state index contributed by atoms with van der Waals surface area (Å²) in [7, 11) is 0. The van der Waals surface area contributed by atoms with Crippen molar-refractivity contribution in [1.82, 2.24) is 9.88 Å². The highest BCUT2D eigenvalue weighted by atomic mass is 79.9. The van der Waals surface area contributed by atoms with Crippen LogP contribution in [-0.2, 0) is 4.74 Å². The summed E-state index contributed by atoms with van der Waals surface area (Å²) < 4.78 is 12.2.